The number of hydrogen-bond donors (Lipinski definition) is 1. The number of rotatable bonds is 5. The van der Waals surface area contributed by atoms with Crippen LogP contribution in [0.25, 0.3) is 0 Å². The van der Waals surface area contributed by atoms with Crippen molar-refractivity contribution in [3.05, 3.63) is 54.1 Å². The van der Waals surface area contributed by atoms with Gasteiger partial charge in [-0.3, -0.25) is 9.58 Å². The molecule has 0 amide bonds. The van der Waals surface area contributed by atoms with E-state index in [2.05, 4.69) is 10.00 Å². The zero-order valence-electron chi connectivity index (χ0n) is 12.6. The highest BCUT2D eigenvalue weighted by molar-refractivity contribution is 5.19. The minimum absolute atomic E-state index is 0.303. The quantitative estimate of drug-likeness (QED) is 0.923. The number of β-amino-alcohol motifs (C(OH)–C–C–N with tert-alkyl or cyclic N) is 1. The molecule has 2 aromatic rings. The minimum atomic E-state index is -0.658. The summed E-state index contributed by atoms with van der Waals surface area (Å²) in [5.74, 6) is -0.303. The molecule has 1 aromatic heterocycles. The third-order valence-electron chi connectivity index (χ3n) is 4.35. The fourth-order valence-corrected chi connectivity index (χ4v) is 3.17. The molecule has 0 spiro atoms. The molecule has 1 aliphatic rings. The molecule has 1 aliphatic heterocycles. The third-order valence-corrected chi connectivity index (χ3v) is 4.35. The smallest absolute Gasteiger partial charge is 0.123 e. The standard InChI is InChI=1S/C17H22FN3O/c18-15-6-3-5-14(11-15)17(22)13-20-9-2-1-7-16(20)12-21-10-4-8-19-21/h3-6,8,10-11,16-17,22H,1-2,7,9,12-13H2/t16-,17+/m0/s1. The molecular weight excluding hydrogens is 281 g/mol. The predicted molar refractivity (Wildman–Crippen MR) is 82.8 cm³/mol. The fraction of sp³-hybridized carbons (Fsp3) is 0.471. The van der Waals surface area contributed by atoms with Crippen molar-refractivity contribution >= 4 is 0 Å². The number of aliphatic hydroxyl groups excluding tert-OH is 1. The van der Waals surface area contributed by atoms with Crippen LogP contribution in [0.15, 0.2) is 42.7 Å². The maximum absolute atomic E-state index is 13.3. The van der Waals surface area contributed by atoms with Gasteiger partial charge < -0.3 is 5.11 Å². The topological polar surface area (TPSA) is 41.3 Å². The molecule has 4 nitrogen and oxygen atoms in total. The normalized spacial score (nSPS) is 20.9. The van der Waals surface area contributed by atoms with Crippen molar-refractivity contribution < 1.29 is 9.50 Å². The Kier molecular flexibility index (Phi) is 4.85. The van der Waals surface area contributed by atoms with Crippen LogP contribution in [-0.4, -0.2) is 38.9 Å². The number of benzene rings is 1. The molecule has 1 aromatic carbocycles. The largest absolute Gasteiger partial charge is 0.387 e. The second-order valence-corrected chi connectivity index (χ2v) is 5.94. The van der Waals surface area contributed by atoms with Crippen molar-refractivity contribution in [1.82, 2.24) is 14.7 Å². The third kappa shape index (κ3) is 3.72. The van der Waals surface area contributed by atoms with Gasteiger partial charge in [-0.2, -0.15) is 5.10 Å². The highest BCUT2D eigenvalue weighted by atomic mass is 19.1. The van der Waals surface area contributed by atoms with Gasteiger partial charge in [0.15, 0.2) is 0 Å². The van der Waals surface area contributed by atoms with Gasteiger partial charge in [0.05, 0.1) is 12.6 Å². The molecule has 0 bridgehead atoms. The molecule has 22 heavy (non-hydrogen) atoms. The maximum Gasteiger partial charge on any atom is 0.123 e. The first-order valence-electron chi connectivity index (χ1n) is 7.87. The van der Waals surface area contributed by atoms with Crippen LogP contribution >= 0.6 is 0 Å². The van der Waals surface area contributed by atoms with Gasteiger partial charge in [0, 0.05) is 25.0 Å². The van der Waals surface area contributed by atoms with Crippen LogP contribution in [0.3, 0.4) is 0 Å². The average molecular weight is 303 g/mol. The molecule has 1 saturated heterocycles. The van der Waals surface area contributed by atoms with E-state index in [0.717, 1.165) is 25.9 Å². The zero-order chi connectivity index (χ0) is 15.4. The number of aliphatic hydroxyl groups is 1. The van der Waals surface area contributed by atoms with Gasteiger partial charge in [-0.25, -0.2) is 4.39 Å². The van der Waals surface area contributed by atoms with Crippen molar-refractivity contribution in [3.8, 4) is 0 Å². The lowest BCUT2D eigenvalue weighted by atomic mass is 10.00. The molecule has 0 aliphatic carbocycles. The summed E-state index contributed by atoms with van der Waals surface area (Å²) in [6, 6.07) is 8.53. The Bertz CT molecular complexity index is 587. The Hall–Kier alpha value is -1.72. The highest BCUT2D eigenvalue weighted by Crippen LogP contribution is 2.23. The molecule has 2 atom stereocenters. The van der Waals surface area contributed by atoms with Crippen LogP contribution in [0.4, 0.5) is 4.39 Å². The van der Waals surface area contributed by atoms with Gasteiger partial charge in [-0.1, -0.05) is 18.6 Å². The number of aromatic nitrogens is 2. The molecule has 0 radical (unpaired) electrons. The van der Waals surface area contributed by atoms with E-state index in [1.165, 1.54) is 18.6 Å². The van der Waals surface area contributed by atoms with E-state index in [1.54, 1.807) is 18.3 Å². The van der Waals surface area contributed by atoms with Crippen molar-refractivity contribution in [2.75, 3.05) is 13.1 Å². The number of nitrogens with zero attached hydrogens (tertiary/aromatic N) is 3. The zero-order valence-corrected chi connectivity index (χ0v) is 12.6. The molecule has 5 heteroatoms. The van der Waals surface area contributed by atoms with Gasteiger partial charge in [-0.15, -0.1) is 0 Å². The van der Waals surface area contributed by atoms with Crippen LogP contribution in [0.5, 0.6) is 0 Å². The summed E-state index contributed by atoms with van der Waals surface area (Å²) in [7, 11) is 0. The first kappa shape index (κ1) is 15.2. The van der Waals surface area contributed by atoms with Crippen molar-refractivity contribution in [3.63, 3.8) is 0 Å². The Balaban J connectivity index is 1.65. The second kappa shape index (κ2) is 7.03. The van der Waals surface area contributed by atoms with Crippen LogP contribution in [0.1, 0.15) is 30.9 Å². The molecule has 0 unspecified atom stereocenters. The van der Waals surface area contributed by atoms with E-state index in [9.17, 15) is 9.50 Å². The van der Waals surface area contributed by atoms with E-state index in [-0.39, 0.29) is 5.82 Å². The van der Waals surface area contributed by atoms with E-state index >= 15 is 0 Å². The van der Waals surface area contributed by atoms with Gasteiger partial charge >= 0.3 is 0 Å². The molecular formula is C17H22FN3O. The SMILES string of the molecule is O[C@H](CN1CCCC[C@H]1Cn1cccn1)c1cccc(F)c1. The highest BCUT2D eigenvalue weighted by Gasteiger charge is 2.25. The second-order valence-electron chi connectivity index (χ2n) is 5.94. The van der Waals surface area contributed by atoms with Crippen molar-refractivity contribution in [1.29, 1.82) is 0 Å². The first-order valence-corrected chi connectivity index (χ1v) is 7.87. The van der Waals surface area contributed by atoms with Crippen LogP contribution in [0, 0.1) is 5.82 Å². The predicted octanol–water partition coefficient (Wildman–Crippen LogP) is 2.61. The van der Waals surface area contributed by atoms with E-state index in [1.807, 2.05) is 16.9 Å². The monoisotopic (exact) mass is 303 g/mol. The Labute approximate surface area is 130 Å². The molecule has 118 valence electrons. The summed E-state index contributed by atoms with van der Waals surface area (Å²) < 4.78 is 15.2. The van der Waals surface area contributed by atoms with Gasteiger partial charge in [0.25, 0.3) is 0 Å². The Morgan fingerprint density at radius 3 is 3.00 bits per heavy atom. The van der Waals surface area contributed by atoms with E-state index in [0.29, 0.717) is 18.2 Å². The molecule has 3 rings (SSSR count). The summed E-state index contributed by atoms with van der Waals surface area (Å²) in [6.07, 6.45) is 6.55. The number of piperidine rings is 1. The minimum Gasteiger partial charge on any atom is -0.387 e. The summed E-state index contributed by atoms with van der Waals surface area (Å²) in [4.78, 5) is 2.31. The first-order chi connectivity index (χ1) is 10.7. The van der Waals surface area contributed by atoms with E-state index < -0.39 is 6.10 Å². The molecule has 0 saturated carbocycles. The Morgan fingerprint density at radius 2 is 2.23 bits per heavy atom. The lowest BCUT2D eigenvalue weighted by Gasteiger charge is -2.36. The fourth-order valence-electron chi connectivity index (χ4n) is 3.17. The van der Waals surface area contributed by atoms with Gasteiger partial charge in [0.1, 0.15) is 5.82 Å². The van der Waals surface area contributed by atoms with Gasteiger partial charge in [0.2, 0.25) is 0 Å². The number of halogens is 1. The summed E-state index contributed by atoms with van der Waals surface area (Å²) in [5.41, 5.74) is 0.642. The van der Waals surface area contributed by atoms with Crippen LogP contribution < -0.4 is 0 Å². The average Bonchev–Trinajstić information content (AvgIpc) is 3.02. The van der Waals surface area contributed by atoms with Crippen molar-refractivity contribution in [2.45, 2.75) is 38.0 Å². The van der Waals surface area contributed by atoms with Crippen molar-refractivity contribution in [2.24, 2.45) is 0 Å². The van der Waals surface area contributed by atoms with Crippen LogP contribution in [0.2, 0.25) is 0 Å². The summed E-state index contributed by atoms with van der Waals surface area (Å²) >= 11 is 0. The Morgan fingerprint density at radius 1 is 1.32 bits per heavy atom. The number of hydrogen-bond acceptors (Lipinski definition) is 3. The van der Waals surface area contributed by atoms with Crippen LogP contribution in [-0.2, 0) is 6.54 Å². The lowest BCUT2D eigenvalue weighted by molar-refractivity contribution is 0.0590. The van der Waals surface area contributed by atoms with E-state index in [4.69, 9.17) is 0 Å². The number of likely N-dealkylation sites (tertiary alicyclic amines) is 1. The molecule has 1 fully saturated rings. The lowest BCUT2D eigenvalue weighted by Crippen LogP contribution is -2.44. The van der Waals surface area contributed by atoms with Gasteiger partial charge in [-0.05, 0) is 43.1 Å². The molecule has 2 heterocycles. The maximum atomic E-state index is 13.3. The molecule has 1 N–H and O–H groups in total. The summed E-state index contributed by atoms with van der Waals surface area (Å²) in [5, 5.41) is 14.7. The summed E-state index contributed by atoms with van der Waals surface area (Å²) in [6.45, 7) is 2.34.